The summed E-state index contributed by atoms with van der Waals surface area (Å²) in [7, 11) is 0. The molecule has 1 heterocycles. The zero-order valence-corrected chi connectivity index (χ0v) is 11.0. The quantitative estimate of drug-likeness (QED) is 0.810. The van der Waals surface area contributed by atoms with Gasteiger partial charge in [0, 0.05) is 6.04 Å². The first-order valence-corrected chi connectivity index (χ1v) is 7.18. The van der Waals surface area contributed by atoms with Crippen molar-refractivity contribution in [3.63, 3.8) is 0 Å². The van der Waals surface area contributed by atoms with Crippen LogP contribution < -0.4 is 5.32 Å². The van der Waals surface area contributed by atoms with Gasteiger partial charge in [-0.25, -0.2) is 0 Å². The fourth-order valence-corrected chi connectivity index (χ4v) is 3.18. The van der Waals surface area contributed by atoms with Gasteiger partial charge in [-0.2, -0.15) is 5.26 Å². The van der Waals surface area contributed by atoms with Gasteiger partial charge in [-0.3, -0.25) is 0 Å². The molecule has 0 aromatic rings. The third-order valence-electron chi connectivity index (χ3n) is 4.50. The van der Waals surface area contributed by atoms with Crippen LogP contribution in [0.15, 0.2) is 0 Å². The molecule has 2 unspecified atom stereocenters. The second-order valence-corrected chi connectivity index (χ2v) is 5.56. The summed E-state index contributed by atoms with van der Waals surface area (Å²) in [4.78, 5) is 2.53. The molecule has 1 saturated carbocycles. The molecule has 1 aliphatic carbocycles. The predicted octanol–water partition coefficient (Wildman–Crippen LogP) is 2.00. The van der Waals surface area contributed by atoms with E-state index < -0.39 is 0 Å². The van der Waals surface area contributed by atoms with Crippen molar-refractivity contribution in [3.8, 4) is 6.07 Å². The van der Waals surface area contributed by atoms with Gasteiger partial charge >= 0.3 is 0 Å². The van der Waals surface area contributed by atoms with E-state index in [2.05, 4.69) is 23.2 Å². The number of piperidine rings is 1. The van der Waals surface area contributed by atoms with Gasteiger partial charge in [-0.1, -0.05) is 13.3 Å². The molecule has 0 aromatic heterocycles. The van der Waals surface area contributed by atoms with E-state index in [4.69, 9.17) is 5.26 Å². The number of nitrogens with zero attached hydrogens (tertiary/aromatic N) is 2. The van der Waals surface area contributed by atoms with Crippen molar-refractivity contribution in [2.75, 3.05) is 26.2 Å². The van der Waals surface area contributed by atoms with Gasteiger partial charge < -0.3 is 10.2 Å². The molecule has 0 radical (unpaired) electrons. The van der Waals surface area contributed by atoms with E-state index >= 15 is 0 Å². The molecule has 2 fully saturated rings. The van der Waals surface area contributed by atoms with Crippen molar-refractivity contribution < 1.29 is 0 Å². The van der Waals surface area contributed by atoms with Crippen LogP contribution >= 0.6 is 0 Å². The van der Waals surface area contributed by atoms with Gasteiger partial charge in [0.2, 0.25) is 0 Å². The molecule has 0 aromatic carbocycles. The van der Waals surface area contributed by atoms with E-state index in [9.17, 15) is 0 Å². The van der Waals surface area contributed by atoms with Crippen LogP contribution in [0.2, 0.25) is 0 Å². The lowest BCUT2D eigenvalue weighted by Gasteiger charge is -2.32. The van der Waals surface area contributed by atoms with Crippen molar-refractivity contribution in [2.45, 2.75) is 45.1 Å². The van der Waals surface area contributed by atoms with Gasteiger partial charge in [0.25, 0.3) is 0 Å². The molecule has 1 N–H and O–H groups in total. The molecule has 2 rings (SSSR count). The third kappa shape index (κ3) is 3.43. The first-order chi connectivity index (χ1) is 8.33. The van der Waals surface area contributed by atoms with E-state index in [0.717, 1.165) is 18.9 Å². The maximum Gasteiger partial charge on any atom is 0.0672 e. The highest BCUT2D eigenvalue weighted by Crippen LogP contribution is 2.25. The first kappa shape index (κ1) is 12.9. The largest absolute Gasteiger partial charge is 0.312 e. The molecular weight excluding hydrogens is 210 g/mol. The second kappa shape index (κ2) is 6.37. The van der Waals surface area contributed by atoms with Crippen LogP contribution in [0.1, 0.15) is 39.0 Å². The Morgan fingerprint density at radius 2 is 2.00 bits per heavy atom. The maximum absolute atomic E-state index is 9.04. The summed E-state index contributed by atoms with van der Waals surface area (Å²) in [5.41, 5.74) is 0. The fourth-order valence-electron chi connectivity index (χ4n) is 3.18. The molecule has 3 heteroatoms. The Morgan fingerprint density at radius 3 is 2.65 bits per heavy atom. The van der Waals surface area contributed by atoms with Crippen LogP contribution in [-0.4, -0.2) is 37.1 Å². The average Bonchev–Trinajstić information content (AvgIpc) is 2.84. The highest BCUT2D eigenvalue weighted by atomic mass is 15.1. The smallest absolute Gasteiger partial charge is 0.0672 e. The standard InChI is InChI=1S/C14H25N3/c1-2-17-8-6-12(7-9-17)11-16-14-5-3-4-13(14)10-15/h12-14,16H,2-9,11H2,1H3. The lowest BCUT2D eigenvalue weighted by Crippen LogP contribution is -2.40. The van der Waals surface area contributed by atoms with E-state index in [0.29, 0.717) is 6.04 Å². The molecule has 17 heavy (non-hydrogen) atoms. The van der Waals surface area contributed by atoms with Crippen molar-refractivity contribution in [3.05, 3.63) is 0 Å². The van der Waals surface area contributed by atoms with E-state index in [1.807, 2.05) is 0 Å². The van der Waals surface area contributed by atoms with Crippen LogP contribution in [0.25, 0.3) is 0 Å². The van der Waals surface area contributed by atoms with Gasteiger partial charge in [-0.15, -0.1) is 0 Å². The summed E-state index contributed by atoms with van der Waals surface area (Å²) in [6, 6.07) is 2.92. The number of nitriles is 1. The molecule has 2 atom stereocenters. The van der Waals surface area contributed by atoms with Crippen LogP contribution in [0.5, 0.6) is 0 Å². The predicted molar refractivity (Wildman–Crippen MR) is 69.6 cm³/mol. The summed E-state index contributed by atoms with van der Waals surface area (Å²) in [5, 5.41) is 12.7. The number of likely N-dealkylation sites (tertiary alicyclic amines) is 1. The SMILES string of the molecule is CCN1CCC(CNC2CCCC2C#N)CC1. The van der Waals surface area contributed by atoms with Crippen molar-refractivity contribution in [2.24, 2.45) is 11.8 Å². The minimum atomic E-state index is 0.269. The minimum Gasteiger partial charge on any atom is -0.312 e. The highest BCUT2D eigenvalue weighted by molar-refractivity contribution is 4.96. The molecule has 0 amide bonds. The molecule has 0 spiro atoms. The Bertz CT molecular complexity index is 263. The van der Waals surface area contributed by atoms with Crippen molar-refractivity contribution in [1.82, 2.24) is 10.2 Å². The summed E-state index contributed by atoms with van der Waals surface area (Å²) >= 11 is 0. The zero-order valence-electron chi connectivity index (χ0n) is 11.0. The molecule has 96 valence electrons. The van der Waals surface area contributed by atoms with E-state index in [1.54, 1.807) is 0 Å². The Morgan fingerprint density at radius 1 is 1.24 bits per heavy atom. The molecule has 3 nitrogen and oxygen atoms in total. The highest BCUT2D eigenvalue weighted by Gasteiger charge is 2.27. The van der Waals surface area contributed by atoms with Crippen LogP contribution in [0.3, 0.4) is 0 Å². The Kier molecular flexibility index (Phi) is 4.82. The van der Waals surface area contributed by atoms with Gasteiger partial charge in [0.15, 0.2) is 0 Å². The summed E-state index contributed by atoms with van der Waals surface area (Å²) in [5.74, 6) is 1.10. The van der Waals surface area contributed by atoms with E-state index in [1.165, 1.54) is 45.3 Å². The number of rotatable bonds is 4. The average molecular weight is 235 g/mol. The molecule has 1 aliphatic heterocycles. The van der Waals surface area contributed by atoms with Gasteiger partial charge in [0.1, 0.15) is 0 Å². The summed E-state index contributed by atoms with van der Waals surface area (Å²) < 4.78 is 0. The number of hydrogen-bond donors (Lipinski definition) is 1. The third-order valence-corrected chi connectivity index (χ3v) is 4.50. The minimum absolute atomic E-state index is 0.269. The van der Waals surface area contributed by atoms with Gasteiger partial charge in [-0.05, 0) is 57.8 Å². The summed E-state index contributed by atoms with van der Waals surface area (Å²) in [6.45, 7) is 7.08. The molecule has 1 saturated heterocycles. The van der Waals surface area contributed by atoms with Crippen LogP contribution in [0.4, 0.5) is 0 Å². The lowest BCUT2D eigenvalue weighted by atomic mass is 9.96. The van der Waals surface area contributed by atoms with E-state index in [-0.39, 0.29) is 5.92 Å². The lowest BCUT2D eigenvalue weighted by molar-refractivity contribution is 0.186. The van der Waals surface area contributed by atoms with Crippen LogP contribution in [-0.2, 0) is 0 Å². The van der Waals surface area contributed by atoms with Crippen molar-refractivity contribution in [1.29, 1.82) is 5.26 Å². The Hall–Kier alpha value is -0.590. The molecule has 2 aliphatic rings. The zero-order chi connectivity index (χ0) is 12.1. The Labute approximate surface area is 105 Å². The topological polar surface area (TPSA) is 39.1 Å². The number of hydrogen-bond acceptors (Lipinski definition) is 3. The summed E-state index contributed by atoms with van der Waals surface area (Å²) in [6.07, 6.45) is 6.17. The Balaban J connectivity index is 1.67. The van der Waals surface area contributed by atoms with Crippen LogP contribution in [0, 0.1) is 23.2 Å². The normalized spacial score (nSPS) is 31.5. The monoisotopic (exact) mass is 235 g/mol. The molecular formula is C14H25N3. The van der Waals surface area contributed by atoms with Crippen molar-refractivity contribution >= 4 is 0 Å². The molecule has 0 bridgehead atoms. The first-order valence-electron chi connectivity index (χ1n) is 7.18. The maximum atomic E-state index is 9.04. The number of nitrogens with one attached hydrogen (secondary N) is 1. The fraction of sp³-hybridized carbons (Fsp3) is 0.929. The van der Waals surface area contributed by atoms with Gasteiger partial charge in [0.05, 0.1) is 12.0 Å². The second-order valence-electron chi connectivity index (χ2n) is 5.56.